The average molecular weight is 204 g/mol. The fourth-order valence-electron chi connectivity index (χ4n) is 1.18. The number of carbonyl (C=O) groups is 1. The maximum absolute atomic E-state index is 11.3. The Bertz CT molecular complexity index is 357. The number of hydrogen-bond acceptors (Lipinski definition) is 4. The fraction of sp³-hybridized carbons (Fsp3) is 0.364. The molecule has 15 heavy (non-hydrogen) atoms. The van der Waals surface area contributed by atoms with Crippen LogP contribution < -0.4 is 0 Å². The minimum Gasteiger partial charge on any atom is -0.465 e. The van der Waals surface area contributed by atoms with E-state index in [9.17, 15) is 4.79 Å². The van der Waals surface area contributed by atoms with Crippen LogP contribution in [0.1, 0.15) is 12.5 Å². The van der Waals surface area contributed by atoms with Crippen molar-refractivity contribution in [2.45, 2.75) is 13.3 Å². The number of pyridine rings is 1. The van der Waals surface area contributed by atoms with E-state index >= 15 is 0 Å². The van der Waals surface area contributed by atoms with Crippen LogP contribution in [0.15, 0.2) is 24.5 Å². The Morgan fingerprint density at radius 1 is 1.73 bits per heavy atom. The molecule has 4 nitrogen and oxygen atoms in total. The van der Waals surface area contributed by atoms with Gasteiger partial charge in [-0.05, 0) is 18.6 Å². The Morgan fingerprint density at radius 2 is 2.53 bits per heavy atom. The molecule has 0 radical (unpaired) electrons. The fourth-order valence-corrected chi connectivity index (χ4v) is 1.18. The molecule has 0 aromatic carbocycles. The number of nitrogens with zero attached hydrogens (tertiary/aromatic N) is 2. The zero-order chi connectivity index (χ0) is 11.1. The van der Waals surface area contributed by atoms with E-state index in [1.54, 1.807) is 25.4 Å². The lowest BCUT2D eigenvalue weighted by molar-refractivity contribution is -0.145. The molecule has 0 bridgehead atoms. The molecule has 0 aliphatic carbocycles. The number of carbonyl (C=O) groups excluding carboxylic acids is 1. The molecule has 0 fully saturated rings. The lowest BCUT2D eigenvalue weighted by Crippen LogP contribution is -2.18. The van der Waals surface area contributed by atoms with Crippen LogP contribution in [0.4, 0.5) is 0 Å². The van der Waals surface area contributed by atoms with Crippen LogP contribution >= 0.6 is 0 Å². The molecule has 0 saturated heterocycles. The molecule has 0 spiro atoms. The molecule has 0 aliphatic heterocycles. The topological polar surface area (TPSA) is 63.0 Å². The monoisotopic (exact) mass is 204 g/mol. The van der Waals surface area contributed by atoms with Gasteiger partial charge >= 0.3 is 5.97 Å². The summed E-state index contributed by atoms with van der Waals surface area (Å²) in [6.07, 6.45) is 3.64. The summed E-state index contributed by atoms with van der Waals surface area (Å²) in [6.45, 7) is 2.01. The van der Waals surface area contributed by atoms with Gasteiger partial charge in [0.25, 0.3) is 0 Å². The summed E-state index contributed by atoms with van der Waals surface area (Å²) < 4.78 is 4.79. The van der Waals surface area contributed by atoms with Crippen molar-refractivity contribution in [2.75, 3.05) is 6.61 Å². The summed E-state index contributed by atoms with van der Waals surface area (Å²) in [5, 5.41) is 8.81. The number of rotatable bonds is 4. The number of hydrogen-bond donors (Lipinski definition) is 0. The number of nitriles is 1. The maximum atomic E-state index is 11.3. The van der Waals surface area contributed by atoms with Crippen LogP contribution in [0.3, 0.4) is 0 Å². The molecular weight excluding hydrogens is 192 g/mol. The van der Waals surface area contributed by atoms with Crippen molar-refractivity contribution in [1.29, 1.82) is 5.26 Å². The number of aromatic nitrogens is 1. The minimum atomic E-state index is -0.742. The quantitative estimate of drug-likeness (QED) is 0.694. The van der Waals surface area contributed by atoms with Crippen molar-refractivity contribution in [3.05, 3.63) is 30.1 Å². The lowest BCUT2D eigenvalue weighted by Gasteiger charge is -2.07. The van der Waals surface area contributed by atoms with Crippen molar-refractivity contribution >= 4 is 5.97 Å². The van der Waals surface area contributed by atoms with Gasteiger partial charge in [-0.25, -0.2) is 0 Å². The van der Waals surface area contributed by atoms with Gasteiger partial charge in [-0.3, -0.25) is 9.78 Å². The van der Waals surface area contributed by atoms with Crippen molar-refractivity contribution in [3.8, 4) is 6.07 Å². The predicted molar refractivity (Wildman–Crippen MR) is 53.7 cm³/mol. The largest absolute Gasteiger partial charge is 0.465 e. The first-order chi connectivity index (χ1) is 7.27. The highest BCUT2D eigenvalue weighted by Gasteiger charge is 2.19. The first-order valence-corrected chi connectivity index (χ1v) is 4.73. The van der Waals surface area contributed by atoms with E-state index in [0.717, 1.165) is 5.56 Å². The van der Waals surface area contributed by atoms with Crippen LogP contribution in [0.25, 0.3) is 0 Å². The van der Waals surface area contributed by atoms with E-state index in [2.05, 4.69) is 4.98 Å². The van der Waals surface area contributed by atoms with Crippen LogP contribution in [-0.2, 0) is 16.0 Å². The Kier molecular flexibility index (Phi) is 4.30. The maximum Gasteiger partial charge on any atom is 0.323 e. The second kappa shape index (κ2) is 5.76. The Balaban J connectivity index is 2.63. The van der Waals surface area contributed by atoms with Gasteiger partial charge in [0.15, 0.2) is 0 Å². The van der Waals surface area contributed by atoms with Crippen LogP contribution in [0.2, 0.25) is 0 Å². The summed E-state index contributed by atoms with van der Waals surface area (Å²) in [4.78, 5) is 15.2. The summed E-state index contributed by atoms with van der Waals surface area (Å²) in [5.74, 6) is -1.21. The molecule has 1 aromatic rings. The summed E-state index contributed by atoms with van der Waals surface area (Å²) in [7, 11) is 0. The van der Waals surface area contributed by atoms with Crippen molar-refractivity contribution in [2.24, 2.45) is 5.92 Å². The molecule has 1 atom stereocenters. The SMILES string of the molecule is CCOC(=O)C(C#N)Cc1cccnc1. The average Bonchev–Trinajstić information content (AvgIpc) is 2.27. The molecule has 1 aromatic heterocycles. The van der Waals surface area contributed by atoms with Gasteiger partial charge in [-0.15, -0.1) is 0 Å². The molecule has 0 amide bonds. The van der Waals surface area contributed by atoms with Crippen LogP contribution in [-0.4, -0.2) is 17.6 Å². The zero-order valence-corrected chi connectivity index (χ0v) is 8.51. The molecule has 4 heteroatoms. The van der Waals surface area contributed by atoms with Gasteiger partial charge in [0, 0.05) is 18.8 Å². The van der Waals surface area contributed by atoms with Gasteiger partial charge in [-0.1, -0.05) is 6.07 Å². The van der Waals surface area contributed by atoms with E-state index in [-0.39, 0.29) is 0 Å². The lowest BCUT2D eigenvalue weighted by atomic mass is 10.0. The Labute approximate surface area is 88.5 Å². The minimum absolute atomic E-state index is 0.296. The van der Waals surface area contributed by atoms with E-state index in [1.165, 1.54) is 0 Å². The molecule has 0 saturated carbocycles. The smallest absolute Gasteiger partial charge is 0.323 e. The normalized spacial score (nSPS) is 11.5. The number of esters is 1. The molecule has 1 unspecified atom stereocenters. The third-order valence-electron chi connectivity index (χ3n) is 1.89. The summed E-state index contributed by atoms with van der Waals surface area (Å²) in [5.41, 5.74) is 0.858. The summed E-state index contributed by atoms with van der Waals surface area (Å²) >= 11 is 0. The van der Waals surface area contributed by atoms with Gasteiger partial charge in [0.1, 0.15) is 5.92 Å². The van der Waals surface area contributed by atoms with E-state index in [0.29, 0.717) is 13.0 Å². The summed E-state index contributed by atoms with van der Waals surface area (Å²) in [6, 6.07) is 5.54. The van der Waals surface area contributed by atoms with E-state index in [1.807, 2.05) is 12.1 Å². The van der Waals surface area contributed by atoms with E-state index in [4.69, 9.17) is 10.00 Å². The second-order valence-corrected chi connectivity index (χ2v) is 3.00. The second-order valence-electron chi connectivity index (χ2n) is 3.00. The first-order valence-electron chi connectivity index (χ1n) is 4.73. The standard InChI is InChI=1S/C11H12N2O2/c1-2-15-11(14)10(7-12)6-9-4-3-5-13-8-9/h3-5,8,10H,2,6H2,1H3. The third kappa shape index (κ3) is 3.39. The van der Waals surface area contributed by atoms with Crippen LogP contribution in [0, 0.1) is 17.2 Å². The molecule has 1 heterocycles. The molecule has 0 aliphatic rings. The molecular formula is C11H12N2O2. The molecule has 78 valence electrons. The highest BCUT2D eigenvalue weighted by molar-refractivity contribution is 5.75. The van der Waals surface area contributed by atoms with Gasteiger partial charge in [0.05, 0.1) is 12.7 Å². The molecule has 1 rings (SSSR count). The van der Waals surface area contributed by atoms with Gasteiger partial charge in [-0.2, -0.15) is 5.26 Å². The van der Waals surface area contributed by atoms with Gasteiger partial charge in [0.2, 0.25) is 0 Å². The Morgan fingerprint density at radius 3 is 3.07 bits per heavy atom. The predicted octanol–water partition coefficient (Wildman–Crippen LogP) is 1.33. The highest BCUT2D eigenvalue weighted by Crippen LogP contribution is 2.08. The van der Waals surface area contributed by atoms with Crippen LogP contribution in [0.5, 0.6) is 0 Å². The van der Waals surface area contributed by atoms with E-state index < -0.39 is 11.9 Å². The Hall–Kier alpha value is -1.89. The highest BCUT2D eigenvalue weighted by atomic mass is 16.5. The molecule has 0 N–H and O–H groups in total. The number of ether oxygens (including phenoxy) is 1. The zero-order valence-electron chi connectivity index (χ0n) is 8.51. The van der Waals surface area contributed by atoms with Crippen molar-refractivity contribution in [1.82, 2.24) is 4.98 Å². The first kappa shape index (κ1) is 11.2. The third-order valence-corrected chi connectivity index (χ3v) is 1.89. The van der Waals surface area contributed by atoms with Crippen molar-refractivity contribution in [3.63, 3.8) is 0 Å². The van der Waals surface area contributed by atoms with Gasteiger partial charge < -0.3 is 4.74 Å². The van der Waals surface area contributed by atoms with Crippen molar-refractivity contribution < 1.29 is 9.53 Å².